The highest BCUT2D eigenvalue weighted by Crippen LogP contribution is 2.21. The summed E-state index contributed by atoms with van der Waals surface area (Å²) in [5.74, 6) is 1.77. The Hall–Kier alpha value is -2.99. The van der Waals surface area contributed by atoms with Gasteiger partial charge >= 0.3 is 0 Å². The van der Waals surface area contributed by atoms with Crippen molar-refractivity contribution in [1.29, 1.82) is 0 Å². The molecule has 1 saturated heterocycles. The Kier molecular flexibility index (Phi) is 7.23. The van der Waals surface area contributed by atoms with Gasteiger partial charge in [0.05, 0.1) is 6.10 Å². The van der Waals surface area contributed by atoms with Crippen molar-refractivity contribution in [3.63, 3.8) is 0 Å². The van der Waals surface area contributed by atoms with E-state index in [0.717, 1.165) is 30.5 Å². The largest absolute Gasteiger partial charge is 0.491 e. The number of aryl methyl sites for hydroxylation is 1. The van der Waals surface area contributed by atoms with Gasteiger partial charge in [-0.15, -0.1) is 12.4 Å². The third-order valence-corrected chi connectivity index (χ3v) is 5.26. The molecule has 0 N–H and O–H groups in total. The molecular formula is C24H29ClN4O2. The van der Waals surface area contributed by atoms with Crippen molar-refractivity contribution in [3.8, 4) is 11.4 Å². The first-order chi connectivity index (χ1) is 14.5. The third-order valence-electron chi connectivity index (χ3n) is 5.26. The topological polar surface area (TPSA) is 50.6 Å². The van der Waals surface area contributed by atoms with Crippen LogP contribution in [0.1, 0.15) is 29.8 Å². The summed E-state index contributed by atoms with van der Waals surface area (Å²) in [5.41, 5.74) is 3.02. The Morgan fingerprint density at radius 3 is 2.23 bits per heavy atom. The SMILES string of the molecule is Cc1ccc(-n2ccnc2N2CCN(C(=O)c3ccc(OC(C)C)cc3)CC2)cc1.Cl. The Balaban J connectivity index is 0.00000272. The molecule has 1 aromatic heterocycles. The maximum Gasteiger partial charge on any atom is 0.253 e. The number of benzene rings is 2. The lowest BCUT2D eigenvalue weighted by molar-refractivity contribution is 0.0746. The molecule has 0 aliphatic carbocycles. The van der Waals surface area contributed by atoms with Crippen LogP contribution < -0.4 is 9.64 Å². The summed E-state index contributed by atoms with van der Waals surface area (Å²) in [7, 11) is 0. The van der Waals surface area contributed by atoms with Crippen molar-refractivity contribution in [2.75, 3.05) is 31.1 Å². The first kappa shape index (κ1) is 22.7. The molecule has 0 saturated carbocycles. The number of hydrogen-bond donors (Lipinski definition) is 0. The molecule has 0 unspecified atom stereocenters. The summed E-state index contributed by atoms with van der Waals surface area (Å²) in [6, 6.07) is 15.8. The zero-order valence-electron chi connectivity index (χ0n) is 18.2. The summed E-state index contributed by atoms with van der Waals surface area (Å²) >= 11 is 0. The Morgan fingerprint density at radius 1 is 0.968 bits per heavy atom. The first-order valence-corrected chi connectivity index (χ1v) is 10.4. The Morgan fingerprint density at radius 2 is 1.61 bits per heavy atom. The molecule has 164 valence electrons. The lowest BCUT2D eigenvalue weighted by Gasteiger charge is -2.35. The third kappa shape index (κ3) is 5.20. The monoisotopic (exact) mass is 440 g/mol. The van der Waals surface area contributed by atoms with E-state index in [0.29, 0.717) is 18.7 Å². The molecule has 0 radical (unpaired) electrons. The molecule has 1 aliphatic rings. The molecule has 0 spiro atoms. The quantitative estimate of drug-likeness (QED) is 0.591. The number of nitrogens with zero attached hydrogens (tertiary/aromatic N) is 4. The van der Waals surface area contributed by atoms with Crippen molar-refractivity contribution in [1.82, 2.24) is 14.5 Å². The van der Waals surface area contributed by atoms with Gasteiger partial charge in [-0.3, -0.25) is 9.36 Å². The molecule has 7 heteroatoms. The average molecular weight is 441 g/mol. The fourth-order valence-corrected chi connectivity index (χ4v) is 3.68. The van der Waals surface area contributed by atoms with Crippen molar-refractivity contribution < 1.29 is 9.53 Å². The zero-order valence-corrected chi connectivity index (χ0v) is 19.0. The highest BCUT2D eigenvalue weighted by molar-refractivity contribution is 5.94. The van der Waals surface area contributed by atoms with Gasteiger partial charge in [0, 0.05) is 49.8 Å². The van der Waals surface area contributed by atoms with Gasteiger partial charge in [0.1, 0.15) is 5.75 Å². The van der Waals surface area contributed by atoms with Gasteiger partial charge in [-0.1, -0.05) is 17.7 Å². The second-order valence-corrected chi connectivity index (χ2v) is 7.90. The molecule has 2 heterocycles. The Bertz CT molecular complexity index is 991. The maximum absolute atomic E-state index is 12.9. The lowest BCUT2D eigenvalue weighted by atomic mass is 10.1. The van der Waals surface area contributed by atoms with Crippen LogP contribution in [0.15, 0.2) is 60.9 Å². The minimum atomic E-state index is 0. The number of anilines is 1. The highest BCUT2D eigenvalue weighted by Gasteiger charge is 2.24. The summed E-state index contributed by atoms with van der Waals surface area (Å²) in [6.45, 7) is 8.91. The van der Waals surface area contributed by atoms with Crippen LogP contribution in [-0.4, -0.2) is 52.6 Å². The molecule has 0 bridgehead atoms. The van der Waals surface area contributed by atoms with Crippen LogP contribution >= 0.6 is 12.4 Å². The van der Waals surface area contributed by atoms with Crippen LogP contribution in [0.4, 0.5) is 5.95 Å². The van der Waals surface area contributed by atoms with E-state index in [2.05, 4.69) is 45.6 Å². The van der Waals surface area contributed by atoms with Gasteiger partial charge in [-0.25, -0.2) is 4.98 Å². The van der Waals surface area contributed by atoms with Crippen LogP contribution in [0, 0.1) is 6.92 Å². The standard InChI is InChI=1S/C24H28N4O2.ClH/c1-18(2)30-22-10-6-20(7-11-22)23(29)26-14-16-27(17-15-26)24-25-12-13-28(24)21-8-4-19(3)5-9-21;/h4-13,18H,14-17H2,1-3H3;1H. The fourth-order valence-electron chi connectivity index (χ4n) is 3.68. The van der Waals surface area contributed by atoms with Crippen LogP contribution in [-0.2, 0) is 0 Å². The van der Waals surface area contributed by atoms with E-state index in [1.165, 1.54) is 5.56 Å². The second-order valence-electron chi connectivity index (χ2n) is 7.90. The van der Waals surface area contributed by atoms with Gasteiger partial charge in [0.15, 0.2) is 0 Å². The molecule has 3 aromatic rings. The molecule has 1 amide bonds. The number of ether oxygens (including phenoxy) is 1. The number of aromatic nitrogens is 2. The second kappa shape index (κ2) is 9.88. The van der Waals surface area contributed by atoms with Crippen molar-refractivity contribution in [3.05, 3.63) is 72.1 Å². The molecule has 0 atom stereocenters. The minimum Gasteiger partial charge on any atom is -0.491 e. The van der Waals surface area contributed by atoms with E-state index in [-0.39, 0.29) is 24.4 Å². The summed E-state index contributed by atoms with van der Waals surface area (Å²) in [6.07, 6.45) is 3.93. The van der Waals surface area contributed by atoms with E-state index in [1.54, 1.807) is 0 Å². The van der Waals surface area contributed by atoms with Gasteiger partial charge < -0.3 is 14.5 Å². The molecule has 31 heavy (non-hydrogen) atoms. The van der Waals surface area contributed by atoms with E-state index >= 15 is 0 Å². The van der Waals surface area contributed by atoms with Crippen molar-refractivity contribution in [2.45, 2.75) is 26.9 Å². The number of halogens is 1. The predicted molar refractivity (Wildman–Crippen MR) is 126 cm³/mol. The van der Waals surface area contributed by atoms with Gasteiger partial charge in [-0.2, -0.15) is 0 Å². The van der Waals surface area contributed by atoms with Crippen LogP contribution in [0.2, 0.25) is 0 Å². The number of imidazole rings is 1. The fraction of sp³-hybridized carbons (Fsp3) is 0.333. The molecule has 4 rings (SSSR count). The van der Waals surface area contributed by atoms with Gasteiger partial charge in [0.2, 0.25) is 5.95 Å². The first-order valence-electron chi connectivity index (χ1n) is 10.4. The van der Waals surface area contributed by atoms with Crippen molar-refractivity contribution >= 4 is 24.3 Å². The number of piperazine rings is 1. The molecule has 2 aromatic carbocycles. The number of hydrogen-bond acceptors (Lipinski definition) is 4. The number of amides is 1. The molecule has 6 nitrogen and oxygen atoms in total. The molecular weight excluding hydrogens is 412 g/mol. The number of carbonyl (C=O) groups is 1. The summed E-state index contributed by atoms with van der Waals surface area (Å²) < 4.78 is 7.76. The summed E-state index contributed by atoms with van der Waals surface area (Å²) in [4.78, 5) is 21.6. The maximum atomic E-state index is 12.9. The van der Waals surface area contributed by atoms with Crippen molar-refractivity contribution in [2.24, 2.45) is 0 Å². The van der Waals surface area contributed by atoms with Gasteiger partial charge in [-0.05, 0) is 57.2 Å². The minimum absolute atomic E-state index is 0. The smallest absolute Gasteiger partial charge is 0.253 e. The zero-order chi connectivity index (χ0) is 21.1. The van der Waals surface area contributed by atoms with E-state index < -0.39 is 0 Å². The average Bonchev–Trinajstić information content (AvgIpc) is 3.24. The Labute approximate surface area is 189 Å². The van der Waals surface area contributed by atoms with Crippen LogP contribution in [0.3, 0.4) is 0 Å². The van der Waals surface area contributed by atoms with E-state index in [4.69, 9.17) is 4.74 Å². The highest BCUT2D eigenvalue weighted by atomic mass is 35.5. The molecule has 1 aliphatic heterocycles. The van der Waals surface area contributed by atoms with Crippen LogP contribution in [0.5, 0.6) is 5.75 Å². The van der Waals surface area contributed by atoms with E-state index in [1.807, 2.05) is 55.4 Å². The van der Waals surface area contributed by atoms with Crippen LogP contribution in [0.25, 0.3) is 5.69 Å². The predicted octanol–water partition coefficient (Wildman–Crippen LogP) is 4.35. The van der Waals surface area contributed by atoms with E-state index in [9.17, 15) is 4.79 Å². The normalized spacial score (nSPS) is 13.8. The molecule has 1 fully saturated rings. The lowest BCUT2D eigenvalue weighted by Crippen LogP contribution is -2.49. The summed E-state index contributed by atoms with van der Waals surface area (Å²) in [5, 5.41) is 0. The number of carbonyl (C=O) groups excluding carboxylic acids is 1. The number of rotatable bonds is 5. The van der Waals surface area contributed by atoms with Gasteiger partial charge in [0.25, 0.3) is 5.91 Å².